The zero-order valence-electron chi connectivity index (χ0n) is 14.2. The van der Waals surface area contributed by atoms with Gasteiger partial charge in [-0.3, -0.25) is 9.69 Å². The second kappa shape index (κ2) is 8.80. The number of carbonyl (C=O) groups is 1. The van der Waals surface area contributed by atoms with Crippen LogP contribution in [0.2, 0.25) is 0 Å². The third kappa shape index (κ3) is 5.16. The third-order valence-electron chi connectivity index (χ3n) is 4.28. The number of piperazine rings is 1. The number of furan rings is 1. The van der Waals surface area contributed by atoms with E-state index in [1.807, 2.05) is 47.4 Å². The SMILES string of the molecule is O=C(c1ccccc1)N1CCN(CC(O)COCc2ccco2)CC1. The van der Waals surface area contributed by atoms with Crippen molar-refractivity contribution in [3.05, 3.63) is 60.1 Å². The first-order valence-electron chi connectivity index (χ1n) is 8.57. The van der Waals surface area contributed by atoms with E-state index in [1.54, 1.807) is 6.26 Å². The van der Waals surface area contributed by atoms with Crippen molar-refractivity contribution in [2.75, 3.05) is 39.3 Å². The normalized spacial score (nSPS) is 16.8. The van der Waals surface area contributed by atoms with Crippen LogP contribution in [0.4, 0.5) is 0 Å². The number of aliphatic hydroxyl groups is 1. The molecule has 1 aromatic heterocycles. The average molecular weight is 344 g/mol. The van der Waals surface area contributed by atoms with Crippen LogP contribution in [0.1, 0.15) is 16.1 Å². The fourth-order valence-corrected chi connectivity index (χ4v) is 2.94. The Hall–Kier alpha value is -2.15. The number of hydrogen-bond acceptors (Lipinski definition) is 5. The van der Waals surface area contributed by atoms with E-state index in [-0.39, 0.29) is 12.5 Å². The summed E-state index contributed by atoms with van der Waals surface area (Å²) in [5.41, 5.74) is 0.724. The minimum atomic E-state index is -0.550. The molecule has 1 saturated heterocycles. The van der Waals surface area contributed by atoms with Gasteiger partial charge >= 0.3 is 0 Å². The van der Waals surface area contributed by atoms with Crippen LogP contribution >= 0.6 is 0 Å². The van der Waals surface area contributed by atoms with Crippen molar-refractivity contribution in [2.24, 2.45) is 0 Å². The summed E-state index contributed by atoms with van der Waals surface area (Å²) < 4.78 is 10.6. The molecule has 0 aliphatic carbocycles. The zero-order chi connectivity index (χ0) is 17.5. The number of benzene rings is 1. The van der Waals surface area contributed by atoms with E-state index < -0.39 is 6.10 Å². The van der Waals surface area contributed by atoms with Crippen molar-refractivity contribution in [1.29, 1.82) is 0 Å². The molecule has 0 radical (unpaired) electrons. The first kappa shape index (κ1) is 17.7. The van der Waals surface area contributed by atoms with E-state index in [0.717, 1.165) is 24.4 Å². The topological polar surface area (TPSA) is 66.2 Å². The predicted molar refractivity (Wildman–Crippen MR) is 93.2 cm³/mol. The first-order chi connectivity index (χ1) is 12.2. The van der Waals surface area contributed by atoms with Crippen molar-refractivity contribution in [2.45, 2.75) is 12.7 Å². The van der Waals surface area contributed by atoms with E-state index in [0.29, 0.717) is 26.2 Å². The Bertz CT molecular complexity index is 637. The van der Waals surface area contributed by atoms with Gasteiger partial charge in [0.25, 0.3) is 5.91 Å². The lowest BCUT2D eigenvalue weighted by Gasteiger charge is -2.35. The van der Waals surface area contributed by atoms with Crippen molar-refractivity contribution in [3.63, 3.8) is 0 Å². The number of amides is 1. The Kier molecular flexibility index (Phi) is 6.22. The number of carbonyl (C=O) groups excluding carboxylic acids is 1. The Balaban J connectivity index is 1.36. The van der Waals surface area contributed by atoms with E-state index in [4.69, 9.17) is 9.15 Å². The van der Waals surface area contributed by atoms with Crippen LogP contribution in [0.5, 0.6) is 0 Å². The molecule has 2 aromatic rings. The van der Waals surface area contributed by atoms with Crippen molar-refractivity contribution in [1.82, 2.24) is 9.80 Å². The van der Waals surface area contributed by atoms with Gasteiger partial charge in [0.15, 0.2) is 0 Å². The maximum absolute atomic E-state index is 12.4. The van der Waals surface area contributed by atoms with Crippen molar-refractivity contribution in [3.8, 4) is 0 Å². The average Bonchev–Trinajstić information content (AvgIpc) is 3.16. The van der Waals surface area contributed by atoms with Gasteiger partial charge in [0.2, 0.25) is 0 Å². The van der Waals surface area contributed by atoms with Gasteiger partial charge in [-0.2, -0.15) is 0 Å². The molecule has 3 rings (SSSR count). The number of β-amino-alcohol motifs (C(OH)–C–C–N with tert-alkyl or cyclic N) is 1. The highest BCUT2D eigenvalue weighted by Crippen LogP contribution is 2.09. The van der Waals surface area contributed by atoms with Crippen LogP contribution in [-0.2, 0) is 11.3 Å². The van der Waals surface area contributed by atoms with Crippen LogP contribution in [0.15, 0.2) is 53.1 Å². The van der Waals surface area contributed by atoms with Crippen LogP contribution in [0.3, 0.4) is 0 Å². The van der Waals surface area contributed by atoms with Gasteiger partial charge in [0.05, 0.1) is 19.0 Å². The molecular weight excluding hydrogens is 320 g/mol. The standard InChI is InChI=1S/C19H24N2O4/c22-17(14-24-15-18-7-4-12-25-18)13-20-8-10-21(11-9-20)19(23)16-5-2-1-3-6-16/h1-7,12,17,22H,8-11,13-15H2. The number of ether oxygens (including phenoxy) is 1. The third-order valence-corrected chi connectivity index (χ3v) is 4.28. The summed E-state index contributed by atoms with van der Waals surface area (Å²) in [6, 6.07) is 13.0. The fraction of sp³-hybridized carbons (Fsp3) is 0.421. The van der Waals surface area contributed by atoms with Gasteiger partial charge in [0.1, 0.15) is 12.4 Å². The molecule has 0 saturated carbocycles. The minimum Gasteiger partial charge on any atom is -0.467 e. The molecule has 6 nitrogen and oxygen atoms in total. The molecule has 0 spiro atoms. The van der Waals surface area contributed by atoms with Crippen molar-refractivity contribution >= 4 is 5.91 Å². The molecule has 0 bridgehead atoms. The van der Waals surface area contributed by atoms with Crippen LogP contribution in [-0.4, -0.2) is 66.2 Å². The smallest absolute Gasteiger partial charge is 0.253 e. The van der Waals surface area contributed by atoms with E-state index in [9.17, 15) is 9.90 Å². The van der Waals surface area contributed by atoms with Gasteiger partial charge in [-0.1, -0.05) is 18.2 Å². The summed E-state index contributed by atoms with van der Waals surface area (Å²) >= 11 is 0. The highest BCUT2D eigenvalue weighted by molar-refractivity contribution is 5.94. The molecule has 1 unspecified atom stereocenters. The summed E-state index contributed by atoms with van der Waals surface area (Å²) in [4.78, 5) is 16.4. The molecular formula is C19H24N2O4. The van der Waals surface area contributed by atoms with Gasteiger partial charge in [-0.15, -0.1) is 0 Å². The summed E-state index contributed by atoms with van der Waals surface area (Å²) in [5, 5.41) is 10.1. The minimum absolute atomic E-state index is 0.0718. The zero-order valence-corrected chi connectivity index (χ0v) is 14.2. The van der Waals surface area contributed by atoms with Crippen LogP contribution < -0.4 is 0 Å². The Labute approximate surface area is 147 Å². The summed E-state index contributed by atoms with van der Waals surface area (Å²) in [5.74, 6) is 0.822. The van der Waals surface area contributed by atoms with Gasteiger partial charge in [-0.05, 0) is 24.3 Å². The van der Waals surface area contributed by atoms with Gasteiger partial charge < -0.3 is 19.2 Å². The molecule has 1 N–H and O–H groups in total. The molecule has 1 amide bonds. The molecule has 6 heteroatoms. The molecule has 1 fully saturated rings. The number of hydrogen-bond donors (Lipinski definition) is 1. The van der Waals surface area contributed by atoms with E-state index in [2.05, 4.69) is 4.90 Å². The lowest BCUT2D eigenvalue weighted by atomic mass is 10.2. The summed E-state index contributed by atoms with van der Waals surface area (Å²) in [6.45, 7) is 4.04. The molecule has 2 heterocycles. The Morgan fingerprint density at radius 3 is 2.56 bits per heavy atom. The molecule has 1 atom stereocenters. The second-order valence-electron chi connectivity index (χ2n) is 6.21. The van der Waals surface area contributed by atoms with Gasteiger partial charge in [-0.25, -0.2) is 0 Å². The molecule has 134 valence electrons. The Morgan fingerprint density at radius 2 is 1.88 bits per heavy atom. The summed E-state index contributed by atoms with van der Waals surface area (Å²) in [6.07, 6.45) is 1.05. The highest BCUT2D eigenvalue weighted by atomic mass is 16.5. The molecule has 1 aromatic carbocycles. The lowest BCUT2D eigenvalue weighted by molar-refractivity contribution is -0.00187. The maximum atomic E-state index is 12.4. The monoisotopic (exact) mass is 344 g/mol. The number of rotatable bonds is 7. The quantitative estimate of drug-likeness (QED) is 0.827. The van der Waals surface area contributed by atoms with Crippen LogP contribution in [0.25, 0.3) is 0 Å². The Morgan fingerprint density at radius 1 is 1.12 bits per heavy atom. The lowest BCUT2D eigenvalue weighted by Crippen LogP contribution is -2.50. The fourth-order valence-electron chi connectivity index (χ4n) is 2.94. The molecule has 1 aliphatic rings. The first-order valence-corrected chi connectivity index (χ1v) is 8.57. The number of aliphatic hydroxyl groups excluding tert-OH is 1. The molecule has 25 heavy (non-hydrogen) atoms. The van der Waals surface area contributed by atoms with E-state index >= 15 is 0 Å². The number of nitrogens with zero attached hydrogens (tertiary/aromatic N) is 2. The molecule has 1 aliphatic heterocycles. The second-order valence-corrected chi connectivity index (χ2v) is 6.21. The maximum Gasteiger partial charge on any atom is 0.253 e. The van der Waals surface area contributed by atoms with Crippen molar-refractivity contribution < 1.29 is 19.1 Å². The van der Waals surface area contributed by atoms with E-state index in [1.165, 1.54) is 0 Å². The predicted octanol–water partition coefficient (Wildman–Crippen LogP) is 1.62. The summed E-state index contributed by atoms with van der Waals surface area (Å²) in [7, 11) is 0. The van der Waals surface area contributed by atoms with Gasteiger partial charge in [0, 0.05) is 38.3 Å². The largest absolute Gasteiger partial charge is 0.467 e. The highest BCUT2D eigenvalue weighted by Gasteiger charge is 2.23. The van der Waals surface area contributed by atoms with Crippen LogP contribution in [0, 0.1) is 0 Å².